The molecule has 15 heavy (non-hydrogen) atoms. The molecule has 1 aliphatic rings. The predicted molar refractivity (Wildman–Crippen MR) is 52.0 cm³/mol. The molecule has 1 saturated heterocycles. The fourth-order valence-electron chi connectivity index (χ4n) is 1.64. The van der Waals surface area contributed by atoms with Crippen molar-refractivity contribution in [2.75, 3.05) is 6.54 Å². The van der Waals surface area contributed by atoms with Gasteiger partial charge in [-0.15, -0.1) is 0 Å². The lowest BCUT2D eigenvalue weighted by Gasteiger charge is -2.28. The Morgan fingerprint density at radius 3 is 2.40 bits per heavy atom. The van der Waals surface area contributed by atoms with Crippen molar-refractivity contribution >= 4 is 11.9 Å². The molecule has 1 heterocycles. The molecular weight excluding hydrogens is 200 g/mol. The van der Waals surface area contributed by atoms with Gasteiger partial charge in [-0.1, -0.05) is 0 Å². The van der Waals surface area contributed by atoms with Crippen molar-refractivity contribution in [1.29, 1.82) is 0 Å². The number of carbonyl (C=O) groups is 2. The largest absolute Gasteiger partial charge is 0.480 e. The first-order valence-electron chi connectivity index (χ1n) is 4.74. The van der Waals surface area contributed by atoms with Crippen LogP contribution in [-0.4, -0.2) is 51.2 Å². The lowest BCUT2D eigenvalue weighted by Crippen LogP contribution is -2.54. The summed E-state index contributed by atoms with van der Waals surface area (Å²) in [5, 5.41) is 18.2. The summed E-state index contributed by atoms with van der Waals surface area (Å²) in [6.45, 7) is 3.06. The summed E-state index contributed by atoms with van der Waals surface area (Å²) in [6, 6.07) is -0.963. The average Bonchev–Trinajstić information content (AvgIpc) is 2.44. The number of hydrogen-bond donors (Lipinski definition) is 3. The molecule has 86 valence electrons. The van der Waals surface area contributed by atoms with Gasteiger partial charge in [-0.2, -0.15) is 0 Å². The van der Waals surface area contributed by atoms with Crippen LogP contribution in [0.2, 0.25) is 0 Å². The zero-order valence-corrected chi connectivity index (χ0v) is 8.80. The van der Waals surface area contributed by atoms with Crippen molar-refractivity contribution in [3.05, 3.63) is 0 Å². The van der Waals surface area contributed by atoms with Gasteiger partial charge in [-0.3, -0.25) is 4.79 Å². The first-order valence-corrected chi connectivity index (χ1v) is 4.74. The first-order chi connectivity index (χ1) is 6.73. The molecule has 6 heteroatoms. The van der Waals surface area contributed by atoms with E-state index in [4.69, 9.17) is 10.8 Å². The molecule has 0 aromatic carbocycles. The number of amides is 1. The molecule has 0 saturated carbocycles. The molecule has 0 unspecified atom stereocenters. The normalized spacial score (nSPS) is 26.8. The van der Waals surface area contributed by atoms with Gasteiger partial charge in [0.05, 0.1) is 11.6 Å². The molecule has 0 aromatic heterocycles. The van der Waals surface area contributed by atoms with E-state index >= 15 is 0 Å². The van der Waals surface area contributed by atoms with Crippen LogP contribution in [0.4, 0.5) is 0 Å². The van der Waals surface area contributed by atoms with Crippen molar-refractivity contribution in [3.63, 3.8) is 0 Å². The Balaban J connectivity index is 2.85. The van der Waals surface area contributed by atoms with Crippen molar-refractivity contribution < 1.29 is 19.8 Å². The van der Waals surface area contributed by atoms with Crippen LogP contribution in [0.5, 0.6) is 0 Å². The average molecular weight is 216 g/mol. The number of carbonyl (C=O) groups excluding carboxylic acids is 1. The Bertz CT molecular complexity index is 284. The first kappa shape index (κ1) is 11.9. The van der Waals surface area contributed by atoms with Crippen molar-refractivity contribution in [1.82, 2.24) is 4.90 Å². The zero-order chi connectivity index (χ0) is 11.8. The highest BCUT2D eigenvalue weighted by Gasteiger charge is 2.42. The Kier molecular flexibility index (Phi) is 3.01. The Hall–Kier alpha value is -1.14. The summed E-state index contributed by atoms with van der Waals surface area (Å²) in [5.41, 5.74) is 4.49. The number of carboxylic acid groups (broad SMARTS) is 1. The number of β-amino-alcohol motifs (C(OH)–C–C–N with tert-alkyl or cyclic N) is 1. The van der Waals surface area contributed by atoms with Crippen LogP contribution in [0.15, 0.2) is 0 Å². The Labute approximate surface area is 87.7 Å². The Morgan fingerprint density at radius 1 is 1.47 bits per heavy atom. The number of likely N-dealkylation sites (tertiary alicyclic amines) is 1. The number of nitrogens with two attached hydrogens (primary N) is 1. The molecule has 1 aliphatic heterocycles. The monoisotopic (exact) mass is 216 g/mol. The van der Waals surface area contributed by atoms with Gasteiger partial charge in [0.1, 0.15) is 6.04 Å². The standard InChI is InChI=1S/C9H16N2O4/c1-9(2,10)8(15)11-4-5(12)3-6(11)7(13)14/h5-6,12H,3-4,10H2,1-2H3,(H,13,14)/t5-,6-/m0/s1. The van der Waals surface area contributed by atoms with Crippen LogP contribution in [0.1, 0.15) is 20.3 Å². The van der Waals surface area contributed by atoms with Gasteiger partial charge >= 0.3 is 5.97 Å². The fraction of sp³-hybridized carbons (Fsp3) is 0.778. The van der Waals surface area contributed by atoms with Gasteiger partial charge < -0.3 is 20.8 Å². The van der Waals surface area contributed by atoms with Crippen molar-refractivity contribution in [2.45, 2.75) is 38.0 Å². The maximum atomic E-state index is 11.8. The summed E-state index contributed by atoms with van der Waals surface area (Å²) >= 11 is 0. The number of carboxylic acids is 1. The number of hydrogen-bond acceptors (Lipinski definition) is 4. The maximum absolute atomic E-state index is 11.8. The second kappa shape index (κ2) is 3.79. The van der Waals surface area contributed by atoms with Crippen LogP contribution in [0, 0.1) is 0 Å². The zero-order valence-electron chi connectivity index (χ0n) is 8.80. The lowest BCUT2D eigenvalue weighted by atomic mass is 10.0. The van der Waals surface area contributed by atoms with E-state index in [1.807, 2.05) is 0 Å². The summed E-state index contributed by atoms with van der Waals surface area (Å²) in [7, 11) is 0. The van der Waals surface area contributed by atoms with E-state index in [1.54, 1.807) is 0 Å². The van der Waals surface area contributed by atoms with Gasteiger partial charge in [0.2, 0.25) is 5.91 Å². The van der Waals surface area contributed by atoms with E-state index in [0.29, 0.717) is 0 Å². The molecule has 6 nitrogen and oxygen atoms in total. The summed E-state index contributed by atoms with van der Waals surface area (Å²) < 4.78 is 0. The minimum absolute atomic E-state index is 0.0381. The predicted octanol–water partition coefficient (Wildman–Crippen LogP) is -1.23. The second-order valence-corrected chi connectivity index (χ2v) is 4.42. The van der Waals surface area contributed by atoms with E-state index in [2.05, 4.69) is 0 Å². The summed E-state index contributed by atoms with van der Waals surface area (Å²) in [6.07, 6.45) is -0.714. The molecule has 0 radical (unpaired) electrons. The third kappa shape index (κ3) is 2.45. The van der Waals surface area contributed by atoms with Gasteiger partial charge in [-0.25, -0.2) is 4.79 Å². The Morgan fingerprint density at radius 2 is 2.00 bits per heavy atom. The molecule has 1 rings (SSSR count). The highest BCUT2D eigenvalue weighted by Crippen LogP contribution is 2.21. The van der Waals surface area contributed by atoms with E-state index < -0.39 is 29.6 Å². The van der Waals surface area contributed by atoms with Crippen LogP contribution < -0.4 is 5.73 Å². The molecule has 0 aliphatic carbocycles. The minimum Gasteiger partial charge on any atom is -0.480 e. The third-order valence-electron chi connectivity index (χ3n) is 2.38. The van der Waals surface area contributed by atoms with Crippen LogP contribution in [0.3, 0.4) is 0 Å². The SMILES string of the molecule is CC(C)(N)C(=O)N1C[C@@H](O)C[C@H]1C(=O)O. The molecular formula is C9H16N2O4. The quantitative estimate of drug-likeness (QED) is 0.536. The van der Waals surface area contributed by atoms with Gasteiger partial charge in [-0.05, 0) is 13.8 Å². The number of aliphatic carboxylic acids is 1. The highest BCUT2D eigenvalue weighted by molar-refractivity contribution is 5.90. The number of aliphatic hydroxyl groups excluding tert-OH is 1. The highest BCUT2D eigenvalue weighted by atomic mass is 16.4. The maximum Gasteiger partial charge on any atom is 0.326 e. The van der Waals surface area contributed by atoms with Gasteiger partial charge in [0, 0.05) is 13.0 Å². The lowest BCUT2D eigenvalue weighted by molar-refractivity contribution is -0.150. The molecule has 2 atom stereocenters. The van der Waals surface area contributed by atoms with E-state index in [-0.39, 0.29) is 13.0 Å². The summed E-state index contributed by atoms with van der Waals surface area (Å²) in [5.74, 6) is -1.56. The fourth-order valence-corrected chi connectivity index (χ4v) is 1.64. The van der Waals surface area contributed by atoms with Gasteiger partial charge in [0.25, 0.3) is 0 Å². The van der Waals surface area contributed by atoms with Crippen molar-refractivity contribution in [3.8, 4) is 0 Å². The van der Waals surface area contributed by atoms with Crippen molar-refractivity contribution in [2.24, 2.45) is 5.73 Å². The van der Waals surface area contributed by atoms with E-state index in [1.165, 1.54) is 13.8 Å². The van der Waals surface area contributed by atoms with E-state index in [9.17, 15) is 14.7 Å². The molecule has 0 aromatic rings. The number of aliphatic hydroxyl groups is 1. The smallest absolute Gasteiger partial charge is 0.326 e. The van der Waals surface area contributed by atoms with Crippen LogP contribution in [-0.2, 0) is 9.59 Å². The number of nitrogens with zero attached hydrogens (tertiary/aromatic N) is 1. The molecule has 0 bridgehead atoms. The third-order valence-corrected chi connectivity index (χ3v) is 2.38. The molecule has 1 amide bonds. The molecule has 0 spiro atoms. The minimum atomic E-state index is -1.11. The van der Waals surface area contributed by atoms with Gasteiger partial charge in [0.15, 0.2) is 0 Å². The van der Waals surface area contributed by atoms with E-state index in [0.717, 1.165) is 4.90 Å². The number of rotatable bonds is 2. The van der Waals surface area contributed by atoms with Crippen LogP contribution >= 0.6 is 0 Å². The summed E-state index contributed by atoms with van der Waals surface area (Å²) in [4.78, 5) is 23.7. The molecule has 1 fully saturated rings. The van der Waals surface area contributed by atoms with Crippen LogP contribution in [0.25, 0.3) is 0 Å². The topological polar surface area (TPSA) is 104 Å². The molecule has 4 N–H and O–H groups in total. The second-order valence-electron chi connectivity index (χ2n) is 4.42.